The third-order valence-electron chi connectivity index (χ3n) is 5.47. The molecule has 1 aliphatic heterocycles. The van der Waals surface area contributed by atoms with Crippen molar-refractivity contribution in [3.63, 3.8) is 0 Å². The van der Waals surface area contributed by atoms with Crippen LogP contribution in [0.5, 0.6) is 11.5 Å². The lowest BCUT2D eigenvalue weighted by atomic mass is 10.1. The quantitative estimate of drug-likeness (QED) is 0.179. The van der Waals surface area contributed by atoms with Crippen LogP contribution in [0.3, 0.4) is 0 Å². The second kappa shape index (κ2) is 11.1. The summed E-state index contributed by atoms with van der Waals surface area (Å²) in [5.41, 5.74) is 3.77. The standard InChI is InChI=1S/C30H22BrNO4/c31-25-14-8-7-13-24(25)29-32-26(30(33)36-29)17-23-15-16-27(34-19-21-9-3-1-4-10-21)28(18-23)35-20-22-11-5-2-6-12-22/h1-18H,19-20H2/b26-17+. The highest BCUT2D eigenvalue weighted by atomic mass is 79.9. The molecule has 0 atom stereocenters. The van der Waals surface area contributed by atoms with Crippen LogP contribution in [0.15, 0.2) is 118 Å². The Balaban J connectivity index is 1.41. The van der Waals surface area contributed by atoms with Gasteiger partial charge in [0, 0.05) is 4.47 Å². The summed E-state index contributed by atoms with van der Waals surface area (Å²) in [4.78, 5) is 16.9. The summed E-state index contributed by atoms with van der Waals surface area (Å²) in [5, 5.41) is 0. The van der Waals surface area contributed by atoms with Gasteiger partial charge in [-0.05, 0) is 63.0 Å². The van der Waals surface area contributed by atoms with Gasteiger partial charge in [-0.25, -0.2) is 9.79 Å². The molecular formula is C30H22BrNO4. The lowest BCUT2D eigenvalue weighted by Crippen LogP contribution is -2.05. The van der Waals surface area contributed by atoms with Crippen molar-refractivity contribution >= 4 is 33.9 Å². The van der Waals surface area contributed by atoms with E-state index in [1.54, 1.807) is 6.08 Å². The number of carbonyl (C=O) groups excluding carboxylic acids is 1. The zero-order chi connectivity index (χ0) is 24.7. The molecule has 0 saturated carbocycles. The molecule has 0 amide bonds. The molecule has 0 aromatic heterocycles. The number of halogens is 1. The first-order valence-electron chi connectivity index (χ1n) is 11.4. The Hall–Kier alpha value is -4.16. The van der Waals surface area contributed by atoms with Crippen LogP contribution >= 0.6 is 15.9 Å². The zero-order valence-corrected chi connectivity index (χ0v) is 20.9. The van der Waals surface area contributed by atoms with Gasteiger partial charge in [0.05, 0.1) is 5.56 Å². The van der Waals surface area contributed by atoms with Crippen molar-refractivity contribution < 1.29 is 19.0 Å². The van der Waals surface area contributed by atoms with Gasteiger partial charge < -0.3 is 14.2 Å². The lowest BCUT2D eigenvalue weighted by molar-refractivity contribution is -0.129. The van der Waals surface area contributed by atoms with Crippen molar-refractivity contribution in [2.24, 2.45) is 4.99 Å². The van der Waals surface area contributed by atoms with Crippen LogP contribution in [-0.2, 0) is 22.7 Å². The molecule has 1 heterocycles. The Morgan fingerprint density at radius 2 is 1.36 bits per heavy atom. The normalized spacial score (nSPS) is 13.9. The van der Waals surface area contributed by atoms with E-state index in [4.69, 9.17) is 14.2 Å². The van der Waals surface area contributed by atoms with Crippen LogP contribution in [0, 0.1) is 0 Å². The van der Waals surface area contributed by atoms with Gasteiger partial charge in [0.1, 0.15) is 13.2 Å². The SMILES string of the molecule is O=C1OC(c2ccccc2Br)=N/C1=C/c1ccc(OCc2ccccc2)c(OCc2ccccc2)c1. The lowest BCUT2D eigenvalue weighted by Gasteiger charge is -2.14. The fourth-order valence-electron chi connectivity index (χ4n) is 3.63. The van der Waals surface area contributed by atoms with Crippen LogP contribution in [-0.4, -0.2) is 11.9 Å². The van der Waals surface area contributed by atoms with E-state index in [-0.39, 0.29) is 11.6 Å². The molecule has 0 N–H and O–H groups in total. The van der Waals surface area contributed by atoms with Crippen molar-refractivity contribution in [3.05, 3.63) is 136 Å². The molecule has 5 rings (SSSR count). The minimum atomic E-state index is -0.503. The van der Waals surface area contributed by atoms with E-state index in [9.17, 15) is 4.79 Å². The Morgan fingerprint density at radius 1 is 0.750 bits per heavy atom. The number of aliphatic imine (C=N–C) groups is 1. The second-order valence-electron chi connectivity index (χ2n) is 8.07. The number of nitrogens with zero attached hydrogens (tertiary/aromatic N) is 1. The molecule has 36 heavy (non-hydrogen) atoms. The van der Waals surface area contributed by atoms with Crippen LogP contribution in [0.1, 0.15) is 22.3 Å². The van der Waals surface area contributed by atoms with Gasteiger partial charge in [-0.15, -0.1) is 0 Å². The Bertz CT molecular complexity index is 1430. The largest absolute Gasteiger partial charge is 0.485 e. The highest BCUT2D eigenvalue weighted by Gasteiger charge is 2.25. The molecule has 0 spiro atoms. The molecule has 0 unspecified atom stereocenters. The summed E-state index contributed by atoms with van der Waals surface area (Å²) in [5.74, 6) is 0.952. The number of hydrogen-bond donors (Lipinski definition) is 0. The predicted molar refractivity (Wildman–Crippen MR) is 143 cm³/mol. The first kappa shape index (κ1) is 23.6. The van der Waals surface area contributed by atoms with E-state index in [1.807, 2.05) is 103 Å². The fraction of sp³-hybridized carbons (Fsp3) is 0.0667. The maximum atomic E-state index is 12.5. The number of ether oxygens (including phenoxy) is 3. The highest BCUT2D eigenvalue weighted by Crippen LogP contribution is 2.32. The average molecular weight is 540 g/mol. The number of rotatable bonds is 8. The van der Waals surface area contributed by atoms with Crippen LogP contribution in [0.4, 0.5) is 0 Å². The second-order valence-corrected chi connectivity index (χ2v) is 8.92. The van der Waals surface area contributed by atoms with Crippen LogP contribution < -0.4 is 9.47 Å². The van der Waals surface area contributed by atoms with Crippen molar-refractivity contribution in [1.82, 2.24) is 0 Å². The molecule has 0 bridgehead atoms. The maximum Gasteiger partial charge on any atom is 0.363 e. The molecule has 6 heteroatoms. The molecule has 0 radical (unpaired) electrons. The number of hydrogen-bond acceptors (Lipinski definition) is 5. The molecular weight excluding hydrogens is 518 g/mol. The van der Waals surface area contributed by atoms with E-state index in [2.05, 4.69) is 20.9 Å². The molecule has 1 aliphatic rings. The van der Waals surface area contributed by atoms with Crippen molar-refractivity contribution in [2.75, 3.05) is 0 Å². The van der Waals surface area contributed by atoms with Crippen molar-refractivity contribution in [2.45, 2.75) is 13.2 Å². The summed E-state index contributed by atoms with van der Waals surface area (Å²) < 4.78 is 18.4. The predicted octanol–water partition coefficient (Wildman–Crippen LogP) is 6.95. The summed E-state index contributed by atoms with van der Waals surface area (Å²) in [6, 6.07) is 32.9. The summed E-state index contributed by atoms with van der Waals surface area (Å²) >= 11 is 3.48. The third-order valence-corrected chi connectivity index (χ3v) is 6.16. The van der Waals surface area contributed by atoms with Gasteiger partial charge in [-0.3, -0.25) is 0 Å². The molecule has 0 saturated heterocycles. The average Bonchev–Trinajstić information content (AvgIpc) is 3.27. The van der Waals surface area contributed by atoms with E-state index >= 15 is 0 Å². The molecule has 4 aromatic carbocycles. The van der Waals surface area contributed by atoms with E-state index in [0.717, 1.165) is 21.2 Å². The minimum absolute atomic E-state index is 0.215. The maximum absolute atomic E-state index is 12.5. The van der Waals surface area contributed by atoms with Crippen molar-refractivity contribution in [1.29, 1.82) is 0 Å². The Morgan fingerprint density at radius 3 is 2.03 bits per heavy atom. The first-order chi connectivity index (χ1) is 17.7. The van der Waals surface area contributed by atoms with Gasteiger partial charge in [-0.2, -0.15) is 0 Å². The molecule has 0 aliphatic carbocycles. The minimum Gasteiger partial charge on any atom is -0.485 e. The molecule has 0 fully saturated rings. The van der Waals surface area contributed by atoms with Gasteiger partial charge in [0.2, 0.25) is 5.90 Å². The van der Waals surface area contributed by atoms with Gasteiger partial charge in [-0.1, -0.05) is 78.9 Å². The van der Waals surface area contributed by atoms with E-state index in [1.165, 1.54) is 0 Å². The van der Waals surface area contributed by atoms with Gasteiger partial charge in [0.25, 0.3) is 0 Å². The Kier molecular flexibility index (Phi) is 7.24. The highest BCUT2D eigenvalue weighted by molar-refractivity contribution is 9.10. The first-order valence-corrected chi connectivity index (χ1v) is 12.2. The van der Waals surface area contributed by atoms with Crippen LogP contribution in [0.2, 0.25) is 0 Å². The topological polar surface area (TPSA) is 57.1 Å². The number of carbonyl (C=O) groups is 1. The zero-order valence-electron chi connectivity index (χ0n) is 19.3. The number of benzene rings is 4. The monoisotopic (exact) mass is 539 g/mol. The van der Waals surface area contributed by atoms with Gasteiger partial charge >= 0.3 is 5.97 Å². The third kappa shape index (κ3) is 5.73. The summed E-state index contributed by atoms with van der Waals surface area (Å²) in [6.45, 7) is 0.795. The fourth-order valence-corrected chi connectivity index (χ4v) is 4.09. The summed E-state index contributed by atoms with van der Waals surface area (Å²) in [7, 11) is 0. The molecule has 5 nitrogen and oxygen atoms in total. The summed E-state index contributed by atoms with van der Waals surface area (Å²) in [6.07, 6.45) is 1.68. The number of cyclic esters (lactones) is 1. The van der Waals surface area contributed by atoms with Crippen LogP contribution in [0.25, 0.3) is 6.08 Å². The van der Waals surface area contributed by atoms with E-state index in [0.29, 0.717) is 30.3 Å². The van der Waals surface area contributed by atoms with Crippen molar-refractivity contribution in [3.8, 4) is 11.5 Å². The molecule has 4 aromatic rings. The number of esters is 1. The van der Waals surface area contributed by atoms with E-state index < -0.39 is 5.97 Å². The Labute approximate surface area is 217 Å². The molecule has 178 valence electrons. The smallest absolute Gasteiger partial charge is 0.363 e. The van der Waals surface area contributed by atoms with Gasteiger partial charge in [0.15, 0.2) is 17.2 Å².